The van der Waals surface area contributed by atoms with Crippen LogP contribution in [0.15, 0.2) is 15.9 Å². The molecule has 0 unspecified atom stereocenters. The van der Waals surface area contributed by atoms with E-state index in [0.717, 1.165) is 8.66 Å². The number of hydrogen-bond donors (Lipinski definition) is 0. The lowest BCUT2D eigenvalue weighted by Crippen LogP contribution is -2.31. The van der Waals surface area contributed by atoms with Crippen LogP contribution in [0.4, 0.5) is 0 Å². The normalized spacial score (nSPS) is 12.3. The second kappa shape index (κ2) is 5.43. The molecule has 0 fully saturated rings. The quantitative estimate of drug-likeness (QED) is 0.838. The summed E-state index contributed by atoms with van der Waals surface area (Å²) in [6, 6.07) is 3.88. The zero-order valence-electron chi connectivity index (χ0n) is 8.73. The average molecular weight is 312 g/mol. The van der Waals surface area contributed by atoms with Crippen molar-refractivity contribution < 1.29 is 8.42 Å². The smallest absolute Gasteiger partial charge is 0.212 e. The zero-order chi connectivity index (χ0) is 11.5. The van der Waals surface area contributed by atoms with Gasteiger partial charge in [0.05, 0.1) is 9.54 Å². The van der Waals surface area contributed by atoms with Crippen LogP contribution in [0.3, 0.4) is 0 Å². The molecule has 0 amide bonds. The van der Waals surface area contributed by atoms with Crippen molar-refractivity contribution in [3.63, 3.8) is 0 Å². The van der Waals surface area contributed by atoms with Gasteiger partial charge in [-0.3, -0.25) is 0 Å². The van der Waals surface area contributed by atoms with Crippen LogP contribution >= 0.6 is 27.3 Å². The molecule has 3 nitrogen and oxygen atoms in total. The summed E-state index contributed by atoms with van der Waals surface area (Å²) in [5.41, 5.74) is 0. The molecule has 0 bridgehead atoms. The summed E-state index contributed by atoms with van der Waals surface area (Å²) in [6.45, 7) is 4.52. The molecule has 1 aromatic heterocycles. The van der Waals surface area contributed by atoms with Gasteiger partial charge in [0.15, 0.2) is 0 Å². The summed E-state index contributed by atoms with van der Waals surface area (Å²) in [5, 5.41) is 0. The highest BCUT2D eigenvalue weighted by Crippen LogP contribution is 2.24. The fourth-order valence-corrected chi connectivity index (χ4v) is 3.87. The highest BCUT2D eigenvalue weighted by atomic mass is 79.9. The van der Waals surface area contributed by atoms with Crippen molar-refractivity contribution in [3.8, 4) is 0 Å². The van der Waals surface area contributed by atoms with Gasteiger partial charge in [0.2, 0.25) is 10.0 Å². The molecule has 0 radical (unpaired) electrons. The van der Waals surface area contributed by atoms with Gasteiger partial charge in [0, 0.05) is 18.0 Å². The van der Waals surface area contributed by atoms with Crippen LogP contribution in [0.1, 0.15) is 18.7 Å². The Morgan fingerprint density at radius 1 is 1.40 bits per heavy atom. The van der Waals surface area contributed by atoms with Crippen LogP contribution in [0.5, 0.6) is 0 Å². The Morgan fingerprint density at radius 2 is 2.07 bits per heavy atom. The summed E-state index contributed by atoms with van der Waals surface area (Å²) in [4.78, 5) is 1.06. The zero-order valence-corrected chi connectivity index (χ0v) is 12.0. The third-order valence-electron chi connectivity index (χ3n) is 2.07. The van der Waals surface area contributed by atoms with Crippen molar-refractivity contribution in [1.82, 2.24) is 4.31 Å². The molecule has 0 aliphatic heterocycles. The van der Waals surface area contributed by atoms with Gasteiger partial charge >= 0.3 is 0 Å². The maximum absolute atomic E-state index is 11.7. The van der Waals surface area contributed by atoms with E-state index in [1.54, 1.807) is 18.3 Å². The maximum Gasteiger partial charge on any atom is 0.214 e. The van der Waals surface area contributed by atoms with Gasteiger partial charge in [-0.05, 0) is 35.0 Å². The van der Waals surface area contributed by atoms with Crippen LogP contribution < -0.4 is 0 Å². The highest BCUT2D eigenvalue weighted by molar-refractivity contribution is 9.11. The Hall–Kier alpha value is 0.0900. The van der Waals surface area contributed by atoms with E-state index in [9.17, 15) is 8.42 Å². The van der Waals surface area contributed by atoms with Crippen molar-refractivity contribution in [3.05, 3.63) is 20.8 Å². The molecule has 0 saturated carbocycles. The van der Waals surface area contributed by atoms with Gasteiger partial charge in [0.25, 0.3) is 0 Å². The number of hydrogen-bond acceptors (Lipinski definition) is 3. The Bertz CT molecular complexity index is 414. The van der Waals surface area contributed by atoms with E-state index in [0.29, 0.717) is 13.1 Å². The average Bonchev–Trinajstić information content (AvgIpc) is 2.60. The van der Waals surface area contributed by atoms with Gasteiger partial charge < -0.3 is 0 Å². The first-order valence-electron chi connectivity index (χ1n) is 4.71. The van der Waals surface area contributed by atoms with Gasteiger partial charge in [-0.15, -0.1) is 11.3 Å². The molecule has 0 saturated heterocycles. The van der Waals surface area contributed by atoms with Gasteiger partial charge in [0.1, 0.15) is 0 Å². The van der Waals surface area contributed by atoms with E-state index in [1.807, 2.05) is 19.1 Å². The summed E-state index contributed by atoms with van der Waals surface area (Å²) >= 11 is 4.93. The fraction of sp³-hybridized carbons (Fsp3) is 0.556. The topological polar surface area (TPSA) is 37.4 Å². The molecule has 1 aromatic rings. The van der Waals surface area contributed by atoms with E-state index < -0.39 is 10.0 Å². The van der Waals surface area contributed by atoms with Crippen molar-refractivity contribution in [2.75, 3.05) is 12.3 Å². The Morgan fingerprint density at radius 3 is 2.47 bits per heavy atom. The first-order valence-corrected chi connectivity index (χ1v) is 7.93. The third kappa shape index (κ3) is 3.55. The van der Waals surface area contributed by atoms with E-state index in [4.69, 9.17) is 0 Å². The Kier molecular flexibility index (Phi) is 4.76. The number of nitrogens with zero attached hydrogens (tertiary/aromatic N) is 1. The van der Waals surface area contributed by atoms with E-state index in [1.165, 1.54) is 4.31 Å². The molecule has 6 heteroatoms. The lowest BCUT2D eigenvalue weighted by molar-refractivity contribution is 0.427. The van der Waals surface area contributed by atoms with Gasteiger partial charge in [-0.1, -0.05) is 6.92 Å². The minimum absolute atomic E-state index is 0.160. The van der Waals surface area contributed by atoms with Gasteiger partial charge in [-0.2, -0.15) is 4.31 Å². The molecule has 1 heterocycles. The number of halogens is 1. The van der Waals surface area contributed by atoms with Crippen LogP contribution in [-0.2, 0) is 16.6 Å². The number of rotatable bonds is 5. The first kappa shape index (κ1) is 13.2. The standard InChI is InChI=1S/C9H14BrNO2S2/c1-3-11(15(12,13)4-2)7-8-5-6-9(10)14-8/h5-6H,3-4,7H2,1-2H3. The van der Waals surface area contributed by atoms with Crippen LogP contribution in [0.25, 0.3) is 0 Å². The van der Waals surface area contributed by atoms with Crippen LogP contribution in [0.2, 0.25) is 0 Å². The van der Waals surface area contributed by atoms with E-state index in [2.05, 4.69) is 15.9 Å². The van der Waals surface area contributed by atoms with Gasteiger partial charge in [-0.25, -0.2) is 8.42 Å². The summed E-state index contributed by atoms with van der Waals surface area (Å²) in [6.07, 6.45) is 0. The molecule has 0 N–H and O–H groups in total. The predicted octanol–water partition coefficient (Wildman–Crippen LogP) is 2.68. The minimum atomic E-state index is -3.07. The molecular weight excluding hydrogens is 298 g/mol. The largest absolute Gasteiger partial charge is 0.214 e. The number of sulfonamides is 1. The van der Waals surface area contributed by atoms with Crippen LogP contribution in [-0.4, -0.2) is 25.0 Å². The lowest BCUT2D eigenvalue weighted by atomic mass is 10.4. The molecular formula is C9H14BrNO2S2. The second-order valence-electron chi connectivity index (χ2n) is 3.03. The molecule has 0 aliphatic rings. The molecule has 0 aliphatic carbocycles. The maximum atomic E-state index is 11.7. The highest BCUT2D eigenvalue weighted by Gasteiger charge is 2.18. The lowest BCUT2D eigenvalue weighted by Gasteiger charge is -2.18. The Labute approximate surface area is 103 Å². The molecule has 0 spiro atoms. The molecule has 0 atom stereocenters. The van der Waals surface area contributed by atoms with E-state index in [-0.39, 0.29) is 5.75 Å². The van der Waals surface area contributed by atoms with Crippen molar-refractivity contribution in [1.29, 1.82) is 0 Å². The van der Waals surface area contributed by atoms with Crippen molar-refractivity contribution in [2.24, 2.45) is 0 Å². The molecule has 0 aromatic carbocycles. The minimum Gasteiger partial charge on any atom is -0.212 e. The summed E-state index contributed by atoms with van der Waals surface area (Å²) in [7, 11) is -3.07. The van der Waals surface area contributed by atoms with Crippen LogP contribution in [0, 0.1) is 0 Å². The monoisotopic (exact) mass is 311 g/mol. The Balaban J connectivity index is 2.79. The molecule has 1 rings (SSSR count). The number of thiophene rings is 1. The predicted molar refractivity (Wildman–Crippen MR) is 67.6 cm³/mol. The summed E-state index contributed by atoms with van der Waals surface area (Å²) < 4.78 is 25.9. The SMILES string of the molecule is CCN(Cc1ccc(Br)s1)S(=O)(=O)CC. The summed E-state index contributed by atoms with van der Waals surface area (Å²) in [5.74, 6) is 0.160. The molecule has 86 valence electrons. The second-order valence-corrected chi connectivity index (χ2v) is 7.84. The third-order valence-corrected chi connectivity index (χ3v) is 5.58. The van der Waals surface area contributed by atoms with E-state index >= 15 is 0 Å². The van der Waals surface area contributed by atoms with Crippen molar-refractivity contribution in [2.45, 2.75) is 20.4 Å². The first-order chi connectivity index (χ1) is 6.99. The van der Waals surface area contributed by atoms with Crippen molar-refractivity contribution >= 4 is 37.3 Å². The fourth-order valence-electron chi connectivity index (χ4n) is 1.20. The molecule has 15 heavy (non-hydrogen) atoms.